The molecule has 1 rings (SSSR count). The number of para-hydroxylation sites is 1. The van der Waals surface area contributed by atoms with Crippen molar-refractivity contribution in [2.75, 3.05) is 20.3 Å². The monoisotopic (exact) mass is 330 g/mol. The fourth-order valence-corrected chi connectivity index (χ4v) is 1.81. The molecule has 0 bridgehead atoms. The van der Waals surface area contributed by atoms with Crippen LogP contribution < -0.4 is 15.8 Å². The molecule has 2 atom stereocenters. The third kappa shape index (κ3) is 5.59. The molecule has 0 saturated carbocycles. The molecule has 1 amide bonds. The highest BCUT2D eigenvalue weighted by atomic mass is 79.9. The van der Waals surface area contributed by atoms with E-state index in [2.05, 4.69) is 21.2 Å². The second-order valence-corrected chi connectivity index (χ2v) is 5.02. The molecule has 3 N–H and O–H groups in total. The third-order valence-electron chi connectivity index (χ3n) is 2.41. The lowest BCUT2D eigenvalue weighted by atomic mass is 10.3. The lowest BCUT2D eigenvalue weighted by Gasteiger charge is -2.17. The average Bonchev–Trinajstić information content (AvgIpc) is 2.39. The summed E-state index contributed by atoms with van der Waals surface area (Å²) in [6.45, 7) is 2.46. The molecule has 0 aliphatic heterocycles. The number of hydrogen-bond donors (Lipinski definition) is 2. The van der Waals surface area contributed by atoms with Crippen LogP contribution in [0.2, 0.25) is 0 Å². The topological polar surface area (TPSA) is 73.6 Å². The summed E-state index contributed by atoms with van der Waals surface area (Å²) in [6, 6.07) is 6.90. The Kier molecular flexibility index (Phi) is 6.83. The molecule has 0 aliphatic rings. The Morgan fingerprint density at radius 3 is 2.79 bits per heavy atom. The van der Waals surface area contributed by atoms with Crippen molar-refractivity contribution in [3.05, 3.63) is 28.7 Å². The maximum absolute atomic E-state index is 11.6. The molecule has 0 spiro atoms. The number of benzene rings is 1. The highest BCUT2D eigenvalue weighted by Crippen LogP contribution is 2.24. The van der Waals surface area contributed by atoms with Crippen LogP contribution >= 0.6 is 15.9 Å². The van der Waals surface area contributed by atoms with Gasteiger partial charge in [-0.25, -0.2) is 0 Å². The number of hydrogen-bond acceptors (Lipinski definition) is 4. The summed E-state index contributed by atoms with van der Waals surface area (Å²) in [5.41, 5.74) is 5.61. The van der Waals surface area contributed by atoms with E-state index in [1.807, 2.05) is 31.2 Å². The van der Waals surface area contributed by atoms with E-state index in [0.29, 0.717) is 6.54 Å². The smallest absolute Gasteiger partial charge is 0.239 e. The van der Waals surface area contributed by atoms with Crippen LogP contribution in [0.15, 0.2) is 28.7 Å². The summed E-state index contributed by atoms with van der Waals surface area (Å²) >= 11 is 3.40. The van der Waals surface area contributed by atoms with Gasteiger partial charge in [0.25, 0.3) is 0 Å². The first-order chi connectivity index (χ1) is 9.04. The maximum Gasteiger partial charge on any atom is 0.239 e. The van der Waals surface area contributed by atoms with Crippen LogP contribution in [0.5, 0.6) is 5.75 Å². The number of amides is 1. The quantitative estimate of drug-likeness (QED) is 0.790. The number of ether oxygens (including phenoxy) is 2. The number of nitrogens with two attached hydrogens (primary N) is 1. The molecule has 0 radical (unpaired) electrons. The van der Waals surface area contributed by atoms with Gasteiger partial charge in [0.15, 0.2) is 0 Å². The first-order valence-corrected chi connectivity index (χ1v) is 6.77. The highest BCUT2D eigenvalue weighted by Gasteiger charge is 2.14. The molecule has 0 aliphatic carbocycles. The summed E-state index contributed by atoms with van der Waals surface area (Å²) in [5, 5.41) is 2.72. The van der Waals surface area contributed by atoms with Gasteiger partial charge in [0.2, 0.25) is 5.91 Å². The van der Waals surface area contributed by atoms with Gasteiger partial charge in [-0.15, -0.1) is 0 Å². The lowest BCUT2D eigenvalue weighted by Crippen LogP contribution is -2.46. The molecule has 1 aromatic rings. The standard InChI is InChI=1S/C13H19BrN2O3/c1-9(7-16-13(17)11(15)8-18-2)19-12-6-4-3-5-10(12)14/h3-6,9,11H,7-8,15H2,1-2H3,(H,16,17). The SMILES string of the molecule is COCC(N)C(=O)NCC(C)Oc1ccccc1Br. The Balaban J connectivity index is 2.38. The molecule has 1 aromatic carbocycles. The van der Waals surface area contributed by atoms with E-state index in [4.69, 9.17) is 15.2 Å². The molecular formula is C13H19BrN2O3. The van der Waals surface area contributed by atoms with E-state index in [-0.39, 0.29) is 18.6 Å². The van der Waals surface area contributed by atoms with Gasteiger partial charge < -0.3 is 20.5 Å². The van der Waals surface area contributed by atoms with Crippen LogP contribution in [0.1, 0.15) is 6.92 Å². The minimum absolute atomic E-state index is 0.155. The van der Waals surface area contributed by atoms with Crippen molar-refractivity contribution in [2.45, 2.75) is 19.1 Å². The molecule has 106 valence electrons. The minimum Gasteiger partial charge on any atom is -0.488 e. The van der Waals surface area contributed by atoms with Crippen molar-refractivity contribution in [1.82, 2.24) is 5.32 Å². The van der Waals surface area contributed by atoms with E-state index >= 15 is 0 Å². The number of carbonyl (C=O) groups excluding carboxylic acids is 1. The molecule has 2 unspecified atom stereocenters. The number of carbonyl (C=O) groups is 1. The van der Waals surface area contributed by atoms with Crippen LogP contribution in [0.25, 0.3) is 0 Å². The summed E-state index contributed by atoms with van der Waals surface area (Å²) in [4.78, 5) is 11.6. The van der Waals surface area contributed by atoms with E-state index in [0.717, 1.165) is 10.2 Å². The van der Waals surface area contributed by atoms with Gasteiger partial charge in [-0.3, -0.25) is 4.79 Å². The Morgan fingerprint density at radius 2 is 2.16 bits per heavy atom. The van der Waals surface area contributed by atoms with Crippen LogP contribution in [0, 0.1) is 0 Å². The van der Waals surface area contributed by atoms with Crippen LogP contribution in [0.3, 0.4) is 0 Å². The van der Waals surface area contributed by atoms with Gasteiger partial charge in [0.05, 0.1) is 17.6 Å². The second-order valence-electron chi connectivity index (χ2n) is 4.17. The average molecular weight is 331 g/mol. The number of nitrogens with one attached hydrogen (secondary N) is 1. The van der Waals surface area contributed by atoms with Crippen LogP contribution in [0.4, 0.5) is 0 Å². The van der Waals surface area contributed by atoms with Gasteiger partial charge >= 0.3 is 0 Å². The fraction of sp³-hybridized carbons (Fsp3) is 0.462. The predicted molar refractivity (Wildman–Crippen MR) is 77.1 cm³/mol. The third-order valence-corrected chi connectivity index (χ3v) is 3.07. The van der Waals surface area contributed by atoms with Crippen molar-refractivity contribution < 1.29 is 14.3 Å². The summed E-state index contributed by atoms with van der Waals surface area (Å²) < 4.78 is 11.4. The van der Waals surface area contributed by atoms with Crippen molar-refractivity contribution in [3.63, 3.8) is 0 Å². The van der Waals surface area contributed by atoms with Crippen molar-refractivity contribution in [3.8, 4) is 5.75 Å². The highest BCUT2D eigenvalue weighted by molar-refractivity contribution is 9.10. The number of methoxy groups -OCH3 is 1. The lowest BCUT2D eigenvalue weighted by molar-refractivity contribution is -0.123. The molecule has 0 saturated heterocycles. The largest absolute Gasteiger partial charge is 0.488 e. The Labute approximate surface area is 121 Å². The van der Waals surface area contributed by atoms with Crippen LogP contribution in [-0.4, -0.2) is 38.3 Å². The molecule has 0 fully saturated rings. The van der Waals surface area contributed by atoms with Gasteiger partial charge in [-0.2, -0.15) is 0 Å². The fourth-order valence-electron chi connectivity index (χ4n) is 1.43. The first kappa shape index (κ1) is 15.9. The number of halogens is 1. The van der Waals surface area contributed by atoms with E-state index < -0.39 is 6.04 Å². The van der Waals surface area contributed by atoms with Gasteiger partial charge in [-0.1, -0.05) is 12.1 Å². The zero-order valence-corrected chi connectivity index (χ0v) is 12.6. The Morgan fingerprint density at radius 1 is 1.47 bits per heavy atom. The second kappa shape index (κ2) is 8.14. The Hall–Kier alpha value is -1.11. The van der Waals surface area contributed by atoms with Crippen molar-refractivity contribution in [2.24, 2.45) is 5.73 Å². The summed E-state index contributed by atoms with van der Waals surface area (Å²) in [5.74, 6) is 0.495. The van der Waals surface area contributed by atoms with E-state index in [1.165, 1.54) is 7.11 Å². The normalized spacial score (nSPS) is 13.7. The summed E-state index contributed by atoms with van der Waals surface area (Å²) in [7, 11) is 1.51. The number of rotatable bonds is 7. The molecule has 0 heterocycles. The minimum atomic E-state index is -0.652. The van der Waals surface area contributed by atoms with E-state index in [1.54, 1.807) is 0 Å². The Bertz CT molecular complexity index is 415. The van der Waals surface area contributed by atoms with E-state index in [9.17, 15) is 4.79 Å². The summed E-state index contributed by atoms with van der Waals surface area (Å²) in [6.07, 6.45) is -0.155. The zero-order valence-electron chi connectivity index (χ0n) is 11.1. The maximum atomic E-state index is 11.6. The first-order valence-electron chi connectivity index (χ1n) is 5.98. The molecular weight excluding hydrogens is 312 g/mol. The van der Waals surface area contributed by atoms with Gasteiger partial charge in [0, 0.05) is 7.11 Å². The molecule has 0 aromatic heterocycles. The molecule has 6 heteroatoms. The molecule has 5 nitrogen and oxygen atoms in total. The van der Waals surface area contributed by atoms with Crippen molar-refractivity contribution in [1.29, 1.82) is 0 Å². The van der Waals surface area contributed by atoms with Crippen molar-refractivity contribution >= 4 is 21.8 Å². The van der Waals surface area contributed by atoms with Gasteiger partial charge in [0.1, 0.15) is 17.9 Å². The van der Waals surface area contributed by atoms with Gasteiger partial charge in [-0.05, 0) is 35.0 Å². The molecule has 19 heavy (non-hydrogen) atoms. The van der Waals surface area contributed by atoms with Crippen LogP contribution in [-0.2, 0) is 9.53 Å². The predicted octanol–water partition coefficient (Wildman–Crippen LogP) is 1.31. The zero-order chi connectivity index (χ0) is 14.3.